The maximum absolute atomic E-state index is 12.1. The second-order valence-electron chi connectivity index (χ2n) is 5.20. The zero-order chi connectivity index (χ0) is 17.0. The molecule has 0 aliphatic heterocycles. The summed E-state index contributed by atoms with van der Waals surface area (Å²) in [6.07, 6.45) is 0.828. The van der Waals surface area contributed by atoms with Crippen molar-refractivity contribution in [3.63, 3.8) is 0 Å². The number of ether oxygens (including phenoxy) is 1. The molecule has 126 valence electrons. The number of hydrogen-bond acceptors (Lipinski definition) is 7. The van der Waals surface area contributed by atoms with Gasteiger partial charge in [0.25, 0.3) is 5.56 Å². The summed E-state index contributed by atoms with van der Waals surface area (Å²) in [5, 5.41) is 7.72. The molecule has 0 N–H and O–H groups in total. The van der Waals surface area contributed by atoms with Crippen LogP contribution in [0.5, 0.6) is 6.01 Å². The summed E-state index contributed by atoms with van der Waals surface area (Å²) in [6, 6.07) is 0.0489. The van der Waals surface area contributed by atoms with Crippen LogP contribution in [0.2, 0.25) is 0 Å². The molecule has 0 radical (unpaired) electrons. The standard InChI is InChI=1S/C14H22N6O3/c1-5-20(6-2)8-7-9-23-13-15-10-11(16-17-13)18(3)14(22)19(4)12(10)21/h5-9H2,1-4H3. The predicted octanol–water partition coefficient (Wildman–Crippen LogP) is -0.467. The molecule has 0 unspecified atom stereocenters. The number of aryl methyl sites for hydroxylation is 1. The highest BCUT2D eigenvalue weighted by atomic mass is 16.5. The van der Waals surface area contributed by atoms with Gasteiger partial charge in [0.05, 0.1) is 6.61 Å². The van der Waals surface area contributed by atoms with Crippen molar-refractivity contribution in [1.29, 1.82) is 0 Å². The first-order chi connectivity index (χ1) is 11.0. The summed E-state index contributed by atoms with van der Waals surface area (Å²) in [5.74, 6) is 0. The molecule has 0 atom stereocenters. The van der Waals surface area contributed by atoms with E-state index < -0.39 is 11.2 Å². The van der Waals surface area contributed by atoms with E-state index in [1.54, 1.807) is 0 Å². The number of aromatic nitrogens is 5. The van der Waals surface area contributed by atoms with Crippen LogP contribution in [-0.4, -0.2) is 55.5 Å². The van der Waals surface area contributed by atoms with E-state index in [1.807, 2.05) is 0 Å². The minimum absolute atomic E-state index is 0.0489. The molecule has 2 heterocycles. The van der Waals surface area contributed by atoms with E-state index in [9.17, 15) is 9.59 Å². The summed E-state index contributed by atoms with van der Waals surface area (Å²) in [7, 11) is 2.92. The molecule has 0 bridgehead atoms. The molecule has 0 aliphatic rings. The van der Waals surface area contributed by atoms with E-state index in [2.05, 4.69) is 33.9 Å². The highest BCUT2D eigenvalue weighted by Crippen LogP contribution is 2.05. The zero-order valence-electron chi connectivity index (χ0n) is 13.9. The lowest BCUT2D eigenvalue weighted by molar-refractivity contribution is 0.237. The average Bonchev–Trinajstić information content (AvgIpc) is 2.58. The van der Waals surface area contributed by atoms with Crippen LogP contribution in [0.25, 0.3) is 11.2 Å². The molecule has 0 amide bonds. The molecule has 9 heteroatoms. The van der Waals surface area contributed by atoms with E-state index in [-0.39, 0.29) is 17.2 Å². The van der Waals surface area contributed by atoms with Crippen molar-refractivity contribution in [2.24, 2.45) is 14.1 Å². The molecule has 0 fully saturated rings. The van der Waals surface area contributed by atoms with E-state index in [0.717, 1.165) is 30.6 Å². The summed E-state index contributed by atoms with van der Waals surface area (Å²) in [5.41, 5.74) is -0.755. The number of nitrogens with zero attached hydrogens (tertiary/aromatic N) is 6. The number of hydrogen-bond donors (Lipinski definition) is 0. The molecule has 0 aromatic carbocycles. The van der Waals surface area contributed by atoms with Crippen LogP contribution in [0.15, 0.2) is 9.59 Å². The van der Waals surface area contributed by atoms with Crippen molar-refractivity contribution in [3.05, 3.63) is 20.8 Å². The topological polar surface area (TPSA) is 95.1 Å². The third kappa shape index (κ3) is 3.55. The molecule has 2 rings (SSSR count). The van der Waals surface area contributed by atoms with Crippen LogP contribution in [0.3, 0.4) is 0 Å². The molecule has 0 aliphatic carbocycles. The first-order valence-corrected chi connectivity index (χ1v) is 7.65. The van der Waals surface area contributed by atoms with E-state index in [4.69, 9.17) is 4.74 Å². The van der Waals surface area contributed by atoms with E-state index in [1.165, 1.54) is 18.7 Å². The molecule has 2 aromatic rings. The Hall–Kier alpha value is -2.29. The van der Waals surface area contributed by atoms with E-state index in [0.29, 0.717) is 6.61 Å². The smallest absolute Gasteiger partial charge is 0.336 e. The Labute approximate surface area is 133 Å². The van der Waals surface area contributed by atoms with Crippen LogP contribution >= 0.6 is 0 Å². The first-order valence-electron chi connectivity index (χ1n) is 7.65. The Balaban J connectivity index is 2.15. The lowest BCUT2D eigenvalue weighted by Crippen LogP contribution is -2.38. The second kappa shape index (κ2) is 7.32. The minimum atomic E-state index is -0.508. The van der Waals surface area contributed by atoms with E-state index >= 15 is 0 Å². The molecule has 2 aromatic heterocycles. The zero-order valence-corrected chi connectivity index (χ0v) is 13.9. The quantitative estimate of drug-likeness (QED) is 0.636. The van der Waals surface area contributed by atoms with Gasteiger partial charge in [0, 0.05) is 20.6 Å². The van der Waals surface area contributed by atoms with Gasteiger partial charge in [-0.2, -0.15) is 4.98 Å². The molecular weight excluding hydrogens is 300 g/mol. The molecular formula is C14H22N6O3. The SMILES string of the molecule is CCN(CC)CCCOc1nnc2c(n1)c(=O)n(C)c(=O)n2C. The van der Waals surface area contributed by atoms with Crippen molar-refractivity contribution in [2.75, 3.05) is 26.2 Å². The summed E-state index contributed by atoms with van der Waals surface area (Å²) < 4.78 is 7.70. The Morgan fingerprint density at radius 2 is 1.78 bits per heavy atom. The maximum atomic E-state index is 12.1. The Morgan fingerprint density at radius 1 is 1.09 bits per heavy atom. The van der Waals surface area contributed by atoms with Crippen molar-refractivity contribution in [3.8, 4) is 6.01 Å². The molecule has 0 saturated carbocycles. The first kappa shape index (κ1) is 17.1. The van der Waals surface area contributed by atoms with Gasteiger partial charge >= 0.3 is 11.7 Å². The van der Waals surface area contributed by atoms with Crippen LogP contribution in [0, 0.1) is 0 Å². The molecule has 0 spiro atoms. The fraction of sp³-hybridized carbons (Fsp3) is 0.643. The fourth-order valence-corrected chi connectivity index (χ4v) is 2.29. The summed E-state index contributed by atoms with van der Waals surface area (Å²) >= 11 is 0. The monoisotopic (exact) mass is 322 g/mol. The van der Waals surface area contributed by atoms with Gasteiger partial charge in [-0.3, -0.25) is 13.9 Å². The van der Waals surface area contributed by atoms with Crippen molar-refractivity contribution in [2.45, 2.75) is 20.3 Å². The highest BCUT2D eigenvalue weighted by molar-refractivity contribution is 5.67. The highest BCUT2D eigenvalue weighted by Gasteiger charge is 2.13. The number of rotatable bonds is 7. The molecule has 9 nitrogen and oxygen atoms in total. The van der Waals surface area contributed by atoms with Crippen LogP contribution < -0.4 is 16.0 Å². The van der Waals surface area contributed by atoms with Crippen molar-refractivity contribution < 1.29 is 4.74 Å². The Morgan fingerprint density at radius 3 is 2.43 bits per heavy atom. The Kier molecular flexibility index (Phi) is 5.43. The second-order valence-corrected chi connectivity index (χ2v) is 5.20. The van der Waals surface area contributed by atoms with Gasteiger partial charge in [-0.15, -0.1) is 5.10 Å². The van der Waals surface area contributed by atoms with Gasteiger partial charge in [0.1, 0.15) is 0 Å². The Bertz CT molecular complexity index is 793. The fourth-order valence-electron chi connectivity index (χ4n) is 2.29. The van der Waals surface area contributed by atoms with Gasteiger partial charge in [0.2, 0.25) is 0 Å². The molecule has 23 heavy (non-hydrogen) atoms. The van der Waals surface area contributed by atoms with Gasteiger partial charge in [-0.25, -0.2) is 4.79 Å². The minimum Gasteiger partial charge on any atom is -0.462 e. The lowest BCUT2D eigenvalue weighted by atomic mass is 10.4. The third-order valence-electron chi connectivity index (χ3n) is 3.79. The third-order valence-corrected chi connectivity index (χ3v) is 3.79. The lowest BCUT2D eigenvalue weighted by Gasteiger charge is -2.17. The number of fused-ring (bicyclic) bond motifs is 1. The van der Waals surface area contributed by atoms with Gasteiger partial charge < -0.3 is 9.64 Å². The largest absolute Gasteiger partial charge is 0.462 e. The van der Waals surface area contributed by atoms with Gasteiger partial charge in [0.15, 0.2) is 11.2 Å². The average molecular weight is 322 g/mol. The summed E-state index contributed by atoms with van der Waals surface area (Å²) in [4.78, 5) is 30.3. The van der Waals surface area contributed by atoms with Crippen molar-refractivity contribution in [1.82, 2.24) is 29.2 Å². The predicted molar refractivity (Wildman–Crippen MR) is 85.7 cm³/mol. The van der Waals surface area contributed by atoms with Gasteiger partial charge in [-0.1, -0.05) is 18.9 Å². The van der Waals surface area contributed by atoms with Crippen molar-refractivity contribution >= 4 is 11.2 Å². The molecule has 0 saturated heterocycles. The normalized spacial score (nSPS) is 11.3. The van der Waals surface area contributed by atoms with Crippen LogP contribution in [0.1, 0.15) is 20.3 Å². The van der Waals surface area contributed by atoms with Gasteiger partial charge in [-0.05, 0) is 19.5 Å². The van der Waals surface area contributed by atoms with Crippen LogP contribution in [0.4, 0.5) is 0 Å². The summed E-state index contributed by atoms with van der Waals surface area (Å²) in [6.45, 7) is 7.57. The van der Waals surface area contributed by atoms with Crippen LogP contribution in [-0.2, 0) is 14.1 Å². The maximum Gasteiger partial charge on any atom is 0.336 e.